The van der Waals surface area contributed by atoms with E-state index in [9.17, 15) is 9.59 Å². The highest BCUT2D eigenvalue weighted by molar-refractivity contribution is 7.99. The Bertz CT molecular complexity index is 956. The first-order chi connectivity index (χ1) is 13.1. The number of nitrogens with one attached hydrogen (secondary N) is 2. The summed E-state index contributed by atoms with van der Waals surface area (Å²) >= 11 is 1.25. The van der Waals surface area contributed by atoms with Gasteiger partial charge in [0, 0.05) is 5.56 Å². The molecule has 0 aliphatic carbocycles. The lowest BCUT2D eigenvalue weighted by molar-refractivity contribution is -0.119. The number of hydrogen-bond acceptors (Lipinski definition) is 5. The second kappa shape index (κ2) is 8.50. The molecule has 0 saturated heterocycles. The van der Waals surface area contributed by atoms with Gasteiger partial charge in [0.05, 0.1) is 11.4 Å². The van der Waals surface area contributed by atoms with Crippen molar-refractivity contribution in [2.75, 3.05) is 5.75 Å². The van der Waals surface area contributed by atoms with Crippen LogP contribution in [0.15, 0.2) is 59.8 Å². The largest absolute Gasteiger partial charge is 0.274 e. The number of hydrogen-bond donors (Lipinski definition) is 2. The van der Waals surface area contributed by atoms with Gasteiger partial charge in [-0.15, -0.1) is 10.2 Å². The normalized spacial score (nSPS) is 10.4. The third-order valence-electron chi connectivity index (χ3n) is 3.84. The molecule has 2 aromatic carbocycles. The Morgan fingerprint density at radius 1 is 0.963 bits per heavy atom. The average molecular weight is 381 g/mol. The number of aryl methyl sites for hydroxylation is 2. The van der Waals surface area contributed by atoms with E-state index in [0.29, 0.717) is 10.7 Å². The van der Waals surface area contributed by atoms with Gasteiger partial charge in [0.25, 0.3) is 5.91 Å². The van der Waals surface area contributed by atoms with Crippen LogP contribution in [0.1, 0.15) is 21.7 Å². The van der Waals surface area contributed by atoms with E-state index in [1.807, 2.05) is 48.7 Å². The van der Waals surface area contributed by atoms with Gasteiger partial charge in [-0.05, 0) is 37.6 Å². The number of amides is 2. The molecule has 0 bridgehead atoms. The molecular weight excluding hydrogens is 362 g/mol. The van der Waals surface area contributed by atoms with E-state index in [4.69, 9.17) is 0 Å². The molecule has 0 aliphatic heterocycles. The summed E-state index contributed by atoms with van der Waals surface area (Å²) in [7, 11) is 0. The van der Waals surface area contributed by atoms with Crippen molar-refractivity contribution in [3.63, 3.8) is 0 Å². The first-order valence-electron chi connectivity index (χ1n) is 8.31. The van der Waals surface area contributed by atoms with Crippen molar-refractivity contribution in [3.8, 4) is 5.69 Å². The predicted molar refractivity (Wildman–Crippen MR) is 104 cm³/mol. The van der Waals surface area contributed by atoms with Gasteiger partial charge in [0.1, 0.15) is 5.82 Å². The van der Waals surface area contributed by atoms with E-state index >= 15 is 0 Å². The van der Waals surface area contributed by atoms with Gasteiger partial charge >= 0.3 is 0 Å². The van der Waals surface area contributed by atoms with Gasteiger partial charge in [-0.2, -0.15) is 0 Å². The molecule has 0 saturated carbocycles. The highest BCUT2D eigenvalue weighted by atomic mass is 32.2. The molecule has 27 heavy (non-hydrogen) atoms. The second-order valence-corrected chi connectivity index (χ2v) is 6.75. The van der Waals surface area contributed by atoms with Crippen LogP contribution in [-0.4, -0.2) is 32.3 Å². The van der Waals surface area contributed by atoms with Crippen molar-refractivity contribution in [1.29, 1.82) is 0 Å². The molecule has 1 heterocycles. The number of carbonyl (C=O) groups is 2. The summed E-state index contributed by atoms with van der Waals surface area (Å²) in [5, 5.41) is 8.89. The summed E-state index contributed by atoms with van der Waals surface area (Å²) in [4.78, 5) is 24.0. The Kier molecular flexibility index (Phi) is 5.87. The van der Waals surface area contributed by atoms with Crippen molar-refractivity contribution < 1.29 is 9.59 Å². The van der Waals surface area contributed by atoms with Crippen LogP contribution in [0.4, 0.5) is 0 Å². The second-order valence-electron chi connectivity index (χ2n) is 5.81. The van der Waals surface area contributed by atoms with Crippen molar-refractivity contribution in [2.45, 2.75) is 19.0 Å². The number of benzene rings is 2. The van der Waals surface area contributed by atoms with Gasteiger partial charge in [0.2, 0.25) is 5.91 Å². The quantitative estimate of drug-likeness (QED) is 0.523. The monoisotopic (exact) mass is 381 g/mol. The van der Waals surface area contributed by atoms with E-state index in [-0.39, 0.29) is 17.6 Å². The average Bonchev–Trinajstić information content (AvgIpc) is 3.06. The first-order valence-corrected chi connectivity index (χ1v) is 9.30. The summed E-state index contributed by atoms with van der Waals surface area (Å²) in [6.07, 6.45) is 0. The summed E-state index contributed by atoms with van der Waals surface area (Å²) < 4.78 is 1.91. The maximum atomic E-state index is 12.1. The van der Waals surface area contributed by atoms with E-state index in [1.165, 1.54) is 11.8 Å². The third kappa shape index (κ3) is 4.53. The molecule has 2 amide bonds. The summed E-state index contributed by atoms with van der Waals surface area (Å²) in [6.45, 7) is 3.87. The topological polar surface area (TPSA) is 88.9 Å². The van der Waals surface area contributed by atoms with E-state index < -0.39 is 0 Å². The minimum atomic E-state index is -0.368. The molecule has 0 fully saturated rings. The first kappa shape index (κ1) is 18.7. The number of nitrogens with zero attached hydrogens (tertiary/aromatic N) is 3. The number of aromatic nitrogens is 3. The maximum absolute atomic E-state index is 12.1. The summed E-state index contributed by atoms with van der Waals surface area (Å²) in [6, 6.07) is 16.6. The maximum Gasteiger partial charge on any atom is 0.269 e. The molecular formula is C19H19N5O2S. The summed E-state index contributed by atoms with van der Waals surface area (Å²) in [5.74, 6) is 0.137. The van der Waals surface area contributed by atoms with Crippen molar-refractivity contribution in [2.24, 2.45) is 0 Å². The number of para-hydroxylation sites is 1. The van der Waals surface area contributed by atoms with Gasteiger partial charge in [-0.3, -0.25) is 25.0 Å². The van der Waals surface area contributed by atoms with Crippen LogP contribution >= 0.6 is 11.8 Å². The number of carbonyl (C=O) groups excluding carboxylic acids is 2. The standard InChI is InChI=1S/C19H19N5O2S/c1-13-8-6-7-11-16(13)24-14(2)20-23-19(24)27-12-17(25)21-22-18(26)15-9-4-3-5-10-15/h3-11H,12H2,1-2H3,(H,21,25)(H,22,26). The van der Waals surface area contributed by atoms with Crippen LogP contribution in [0, 0.1) is 13.8 Å². The molecule has 0 unspecified atom stereocenters. The van der Waals surface area contributed by atoms with Crippen molar-refractivity contribution in [1.82, 2.24) is 25.6 Å². The highest BCUT2D eigenvalue weighted by Gasteiger charge is 2.15. The highest BCUT2D eigenvalue weighted by Crippen LogP contribution is 2.23. The van der Waals surface area contributed by atoms with Crippen molar-refractivity contribution in [3.05, 3.63) is 71.5 Å². The lowest BCUT2D eigenvalue weighted by Crippen LogP contribution is -2.42. The van der Waals surface area contributed by atoms with Crippen LogP contribution in [-0.2, 0) is 4.79 Å². The minimum Gasteiger partial charge on any atom is -0.274 e. The zero-order valence-electron chi connectivity index (χ0n) is 15.0. The molecule has 0 radical (unpaired) electrons. The Labute approximate surface area is 161 Å². The molecule has 7 nitrogen and oxygen atoms in total. The van der Waals surface area contributed by atoms with Gasteiger partial charge < -0.3 is 0 Å². The smallest absolute Gasteiger partial charge is 0.269 e. The fraction of sp³-hybridized carbons (Fsp3) is 0.158. The van der Waals surface area contributed by atoms with E-state index in [0.717, 1.165) is 17.1 Å². The summed E-state index contributed by atoms with van der Waals surface area (Å²) in [5.41, 5.74) is 7.34. The molecule has 8 heteroatoms. The van der Waals surface area contributed by atoms with Crippen LogP contribution in [0.5, 0.6) is 0 Å². The zero-order valence-corrected chi connectivity index (χ0v) is 15.8. The molecule has 3 aromatic rings. The van der Waals surface area contributed by atoms with Crippen LogP contribution < -0.4 is 10.9 Å². The van der Waals surface area contributed by atoms with Gasteiger partial charge in [0.15, 0.2) is 5.16 Å². The molecule has 1 aromatic heterocycles. The lowest BCUT2D eigenvalue weighted by atomic mass is 10.2. The van der Waals surface area contributed by atoms with Crippen LogP contribution in [0.2, 0.25) is 0 Å². The predicted octanol–water partition coefficient (Wildman–Crippen LogP) is 2.44. The van der Waals surface area contributed by atoms with Gasteiger partial charge in [-0.25, -0.2) is 0 Å². The Morgan fingerprint density at radius 3 is 2.41 bits per heavy atom. The molecule has 0 aliphatic rings. The SMILES string of the molecule is Cc1ccccc1-n1c(C)nnc1SCC(=O)NNC(=O)c1ccccc1. The van der Waals surface area contributed by atoms with E-state index in [2.05, 4.69) is 21.0 Å². The Hall–Kier alpha value is -3.13. The zero-order chi connectivity index (χ0) is 19.2. The van der Waals surface area contributed by atoms with Gasteiger partial charge in [-0.1, -0.05) is 48.2 Å². The third-order valence-corrected chi connectivity index (χ3v) is 4.76. The van der Waals surface area contributed by atoms with Crippen molar-refractivity contribution >= 4 is 23.6 Å². The number of thioether (sulfide) groups is 1. The lowest BCUT2D eigenvalue weighted by Gasteiger charge is -2.11. The fourth-order valence-electron chi connectivity index (χ4n) is 2.48. The van der Waals surface area contributed by atoms with Crippen LogP contribution in [0.3, 0.4) is 0 Å². The molecule has 0 atom stereocenters. The Morgan fingerprint density at radius 2 is 1.67 bits per heavy atom. The molecule has 138 valence electrons. The van der Waals surface area contributed by atoms with E-state index in [1.54, 1.807) is 24.3 Å². The molecule has 3 rings (SSSR count). The molecule has 2 N–H and O–H groups in total. The number of rotatable bonds is 5. The number of hydrazine groups is 1. The minimum absolute atomic E-state index is 0.0963. The van der Waals surface area contributed by atoms with Crippen LogP contribution in [0.25, 0.3) is 5.69 Å². The Balaban J connectivity index is 1.60. The fourth-order valence-corrected chi connectivity index (χ4v) is 3.27. The molecule has 0 spiro atoms.